The van der Waals surface area contributed by atoms with Crippen molar-refractivity contribution in [1.29, 1.82) is 0 Å². The van der Waals surface area contributed by atoms with Gasteiger partial charge in [0.2, 0.25) is 0 Å². The zero-order valence-corrected chi connectivity index (χ0v) is 15.1. The Kier molecular flexibility index (Phi) is 1.04. The first-order valence-electron chi connectivity index (χ1n) is 12.2. The fraction of sp³-hybridized carbons (Fsp3) is 0.769. The lowest BCUT2D eigenvalue weighted by molar-refractivity contribution is -0.0228. The number of fused-ring (bicyclic) bond motifs is 1. The van der Waals surface area contributed by atoms with E-state index in [2.05, 4.69) is 24.3 Å². The van der Waals surface area contributed by atoms with Gasteiger partial charge >= 0.3 is 0 Å². The van der Waals surface area contributed by atoms with Crippen LogP contribution in [0, 0.1) is 107 Å². The maximum atomic E-state index is 7.43. The summed E-state index contributed by atoms with van der Waals surface area (Å²) in [6.07, 6.45) is 0. The fourth-order valence-electron chi connectivity index (χ4n) is 17.3. The average Bonchev–Trinajstić information content (AvgIpc) is 3.39. The number of ether oxygens (including phenoxy) is 1. The van der Waals surface area contributed by atoms with Gasteiger partial charge in [-0.05, 0) is 101 Å². The normalized spacial score (nSPS) is 89.3. The van der Waals surface area contributed by atoms with E-state index in [0.29, 0.717) is 11.0 Å². The zero-order valence-electron chi connectivity index (χ0n) is 15.1. The Morgan fingerprint density at radius 1 is 0.519 bits per heavy atom. The predicted molar refractivity (Wildman–Crippen MR) is 94.3 cm³/mol. The van der Waals surface area contributed by atoms with E-state index in [9.17, 15) is 0 Å². The number of rotatable bonds is 0. The standard InChI is InChI=1S/C26H22O/c1-2-4-6-5(3-1)25-21-15-9-7-8-11-13(9)19(21)23-17(11)18-12(8)14-10(7)16(15)22(25)20(14)24(18)26(23,25)27-6/h1-4,7-24H/t7?,8?,9-,10+,11-,12-,13+,14-,15+,16+,17-,18+,19-,20+,21+,22+,23-,24-,25?,26?/m1/s1. The van der Waals surface area contributed by atoms with Gasteiger partial charge in [0.1, 0.15) is 11.4 Å². The lowest BCUT2D eigenvalue weighted by Gasteiger charge is -2.42. The average molecular weight is 350 g/mol. The molecule has 13 aliphatic rings. The van der Waals surface area contributed by atoms with Crippen molar-refractivity contribution in [3.63, 3.8) is 0 Å². The van der Waals surface area contributed by atoms with Crippen LogP contribution < -0.4 is 4.74 Å². The van der Waals surface area contributed by atoms with Gasteiger partial charge in [-0.2, -0.15) is 0 Å². The Hall–Kier alpha value is -0.980. The van der Waals surface area contributed by atoms with Crippen molar-refractivity contribution in [2.75, 3.05) is 0 Å². The van der Waals surface area contributed by atoms with Crippen molar-refractivity contribution < 1.29 is 4.74 Å². The molecule has 12 saturated carbocycles. The second kappa shape index (κ2) is 2.50. The lowest BCUT2D eigenvalue weighted by atomic mass is 9.62. The summed E-state index contributed by atoms with van der Waals surface area (Å²) in [5.41, 5.74) is 2.55. The summed E-state index contributed by atoms with van der Waals surface area (Å²) >= 11 is 0. The van der Waals surface area contributed by atoms with Crippen LogP contribution in [0.2, 0.25) is 0 Å². The summed E-state index contributed by atoms with van der Waals surface area (Å²) in [5, 5.41) is 0. The SMILES string of the molecule is c1ccc2c(c1)OC13[C@@H]4[C@@H]5[C@@H]6C7C8[C@@H]9[C@@H]6[C@@H]4[C@@H]4[C@@H]9[C@@H]6[C@@H]8[C@@H]8[C@@H]7[C@@H]5[C@@H]1[C@@H]8[C@H]6C243. The molecule has 27 heavy (non-hydrogen) atoms. The van der Waals surface area contributed by atoms with E-state index >= 15 is 0 Å². The van der Waals surface area contributed by atoms with Crippen LogP contribution in [0.5, 0.6) is 5.75 Å². The molecule has 0 bridgehead atoms. The second-order valence-electron chi connectivity index (χ2n) is 13.4. The third-order valence-electron chi connectivity index (χ3n) is 15.2. The Bertz CT molecular complexity index is 1080. The molecule has 0 amide bonds. The van der Waals surface area contributed by atoms with Crippen LogP contribution in [0.3, 0.4) is 0 Å². The van der Waals surface area contributed by atoms with E-state index in [1.54, 1.807) is 5.56 Å². The minimum atomic E-state index is 0.300. The summed E-state index contributed by atoms with van der Waals surface area (Å²) in [6.45, 7) is 0. The molecule has 1 aliphatic heterocycles. The first-order chi connectivity index (χ1) is 13.4. The maximum Gasteiger partial charge on any atom is 0.126 e. The van der Waals surface area contributed by atoms with Crippen molar-refractivity contribution >= 4 is 0 Å². The molecule has 1 heterocycles. The molecule has 0 saturated heterocycles. The van der Waals surface area contributed by atoms with Gasteiger partial charge in [0.25, 0.3) is 0 Å². The first-order valence-corrected chi connectivity index (χ1v) is 12.2. The van der Waals surface area contributed by atoms with Crippen molar-refractivity contribution in [2.45, 2.75) is 11.0 Å². The van der Waals surface area contributed by atoms with E-state index in [0.717, 1.165) is 59.2 Å². The highest BCUT2D eigenvalue weighted by Gasteiger charge is 3.07. The summed E-state index contributed by atoms with van der Waals surface area (Å²) in [7, 11) is 0. The molecule has 132 valence electrons. The fourth-order valence-corrected chi connectivity index (χ4v) is 17.3. The van der Waals surface area contributed by atoms with Crippen molar-refractivity contribution in [3.05, 3.63) is 29.8 Å². The molecule has 1 aromatic rings. The van der Waals surface area contributed by atoms with Crippen LogP contribution in [-0.4, -0.2) is 5.60 Å². The van der Waals surface area contributed by atoms with Gasteiger partial charge in [0.05, 0.1) is 0 Å². The van der Waals surface area contributed by atoms with Crippen molar-refractivity contribution in [1.82, 2.24) is 0 Å². The minimum absolute atomic E-state index is 0.300. The Labute approximate surface area is 158 Å². The molecule has 1 aromatic carbocycles. The van der Waals surface area contributed by atoms with E-state index in [4.69, 9.17) is 4.74 Å². The summed E-state index contributed by atoms with van der Waals surface area (Å²) in [5.74, 6) is 21.8. The largest absolute Gasteiger partial charge is 0.485 e. The Balaban J connectivity index is 1.35. The molecule has 2 spiro atoms. The summed E-state index contributed by atoms with van der Waals surface area (Å²) < 4.78 is 7.43. The summed E-state index contributed by atoms with van der Waals surface area (Å²) in [4.78, 5) is 0. The molecule has 0 radical (unpaired) electrons. The van der Waals surface area contributed by atoms with Gasteiger partial charge in [0, 0.05) is 22.8 Å². The van der Waals surface area contributed by atoms with Crippen LogP contribution >= 0.6 is 0 Å². The Morgan fingerprint density at radius 2 is 1.00 bits per heavy atom. The van der Waals surface area contributed by atoms with Crippen LogP contribution in [-0.2, 0) is 5.41 Å². The second-order valence-corrected chi connectivity index (χ2v) is 13.4. The smallest absolute Gasteiger partial charge is 0.126 e. The number of hydrogen-bond acceptors (Lipinski definition) is 1. The number of benzene rings is 1. The van der Waals surface area contributed by atoms with Crippen LogP contribution in [0.25, 0.3) is 0 Å². The maximum absolute atomic E-state index is 7.43. The molecule has 12 aliphatic carbocycles. The van der Waals surface area contributed by atoms with Gasteiger partial charge in [-0.15, -0.1) is 0 Å². The molecule has 12 fully saturated rings. The molecule has 1 nitrogen and oxygen atoms in total. The van der Waals surface area contributed by atoms with E-state index in [1.165, 1.54) is 53.1 Å². The molecule has 1 heteroatoms. The highest BCUT2D eigenvalue weighted by atomic mass is 16.5. The third kappa shape index (κ3) is 0.559. The summed E-state index contributed by atoms with van der Waals surface area (Å²) in [6, 6.07) is 9.55. The molecular formula is C26H22O. The molecule has 0 aromatic heterocycles. The van der Waals surface area contributed by atoms with Crippen molar-refractivity contribution in [2.24, 2.45) is 107 Å². The molecule has 20 atom stereocenters. The number of para-hydroxylation sites is 1. The molecular weight excluding hydrogens is 328 g/mol. The minimum Gasteiger partial charge on any atom is -0.485 e. The van der Waals surface area contributed by atoms with E-state index in [-0.39, 0.29) is 0 Å². The highest BCUT2D eigenvalue weighted by molar-refractivity contribution is 5.63. The van der Waals surface area contributed by atoms with Gasteiger partial charge in [-0.1, -0.05) is 18.2 Å². The first kappa shape index (κ1) is 11.3. The predicted octanol–water partition coefficient (Wildman–Crippen LogP) is 3.30. The quantitative estimate of drug-likeness (QED) is 0.698. The molecule has 4 unspecified atom stereocenters. The highest BCUT2D eigenvalue weighted by Crippen LogP contribution is 3.05. The van der Waals surface area contributed by atoms with E-state index in [1.807, 2.05) is 0 Å². The van der Waals surface area contributed by atoms with E-state index < -0.39 is 0 Å². The monoisotopic (exact) mass is 350 g/mol. The van der Waals surface area contributed by atoms with Gasteiger partial charge < -0.3 is 4.74 Å². The van der Waals surface area contributed by atoms with Crippen LogP contribution in [0.15, 0.2) is 24.3 Å². The lowest BCUT2D eigenvalue weighted by Crippen LogP contribution is -2.53. The number of hydrogen-bond donors (Lipinski definition) is 0. The zero-order chi connectivity index (χ0) is 16.1. The van der Waals surface area contributed by atoms with Crippen molar-refractivity contribution in [3.8, 4) is 5.75 Å². The van der Waals surface area contributed by atoms with Crippen LogP contribution in [0.4, 0.5) is 0 Å². The molecule has 0 N–H and O–H groups in total. The van der Waals surface area contributed by atoms with Gasteiger partial charge in [-0.3, -0.25) is 0 Å². The molecule has 14 rings (SSSR count). The Morgan fingerprint density at radius 3 is 1.63 bits per heavy atom. The third-order valence-corrected chi connectivity index (χ3v) is 15.2. The van der Waals surface area contributed by atoms with Gasteiger partial charge in [-0.25, -0.2) is 0 Å². The van der Waals surface area contributed by atoms with Crippen LogP contribution in [0.1, 0.15) is 5.56 Å². The van der Waals surface area contributed by atoms with Gasteiger partial charge in [0.15, 0.2) is 0 Å². The topological polar surface area (TPSA) is 9.23 Å².